The van der Waals surface area contributed by atoms with Crippen molar-refractivity contribution in [3.63, 3.8) is 0 Å². The molecule has 2 rings (SSSR count). The Bertz CT molecular complexity index is 491. The van der Waals surface area contributed by atoms with E-state index in [2.05, 4.69) is 44.6 Å². The molecule has 122 valence electrons. The second-order valence-corrected chi connectivity index (χ2v) is 7.50. The van der Waals surface area contributed by atoms with Gasteiger partial charge in [-0.15, -0.1) is 0 Å². The Morgan fingerprint density at radius 1 is 1.27 bits per heavy atom. The number of anilines is 1. The maximum Gasteiger partial charge on any atom is 0.410 e. The summed E-state index contributed by atoms with van der Waals surface area (Å²) in [5, 5.41) is 0. The van der Waals surface area contributed by atoms with Crippen LogP contribution in [0.2, 0.25) is 0 Å². The fourth-order valence-corrected chi connectivity index (χ4v) is 2.93. The van der Waals surface area contributed by atoms with E-state index in [9.17, 15) is 4.79 Å². The van der Waals surface area contributed by atoms with Gasteiger partial charge >= 0.3 is 6.09 Å². The molecule has 6 heteroatoms. The molecule has 0 unspecified atom stereocenters. The number of carbonyl (C=O) groups excluding carboxylic acids is 1. The van der Waals surface area contributed by atoms with E-state index in [4.69, 9.17) is 4.74 Å². The highest BCUT2D eigenvalue weighted by Crippen LogP contribution is 2.16. The van der Waals surface area contributed by atoms with E-state index in [-0.39, 0.29) is 6.09 Å². The molecule has 1 fully saturated rings. The zero-order valence-electron chi connectivity index (χ0n) is 13.5. The summed E-state index contributed by atoms with van der Waals surface area (Å²) in [6, 6.07) is 4.21. The number of aryl methyl sites for hydroxylation is 1. The van der Waals surface area contributed by atoms with Crippen LogP contribution in [0.25, 0.3) is 0 Å². The standard InChI is InChI=1S/C16H24IN3O2/c1-16(2,3)22-15(21)20-10-8-19(9-11-20)14-5-4-13(6-7-17)12-18-14/h4-5,12H,6-11H2,1-3H3. The lowest BCUT2D eigenvalue weighted by molar-refractivity contribution is 0.0240. The van der Waals surface area contributed by atoms with Crippen LogP contribution in [0.3, 0.4) is 0 Å². The number of carbonyl (C=O) groups is 1. The molecule has 1 amide bonds. The molecule has 0 N–H and O–H groups in total. The SMILES string of the molecule is CC(C)(C)OC(=O)N1CCN(c2ccc(CCI)cn2)CC1. The third-order valence-electron chi connectivity index (χ3n) is 3.45. The van der Waals surface area contributed by atoms with Gasteiger partial charge in [-0.25, -0.2) is 9.78 Å². The van der Waals surface area contributed by atoms with Crippen LogP contribution in [0.15, 0.2) is 18.3 Å². The Morgan fingerprint density at radius 3 is 2.45 bits per heavy atom. The van der Waals surface area contributed by atoms with Gasteiger partial charge in [-0.3, -0.25) is 0 Å². The summed E-state index contributed by atoms with van der Waals surface area (Å²) in [5.41, 5.74) is 0.829. The van der Waals surface area contributed by atoms with Crippen molar-refractivity contribution in [2.24, 2.45) is 0 Å². The monoisotopic (exact) mass is 417 g/mol. The molecule has 0 aromatic carbocycles. The fourth-order valence-electron chi connectivity index (χ4n) is 2.31. The lowest BCUT2D eigenvalue weighted by Gasteiger charge is -2.36. The van der Waals surface area contributed by atoms with Gasteiger partial charge in [0.1, 0.15) is 11.4 Å². The van der Waals surface area contributed by atoms with Crippen LogP contribution in [0.1, 0.15) is 26.3 Å². The van der Waals surface area contributed by atoms with Gasteiger partial charge in [-0.05, 0) is 38.8 Å². The van der Waals surface area contributed by atoms with Gasteiger partial charge in [-0.1, -0.05) is 28.7 Å². The summed E-state index contributed by atoms with van der Waals surface area (Å²) in [7, 11) is 0. The molecular weight excluding hydrogens is 393 g/mol. The Morgan fingerprint density at radius 2 is 1.95 bits per heavy atom. The highest BCUT2D eigenvalue weighted by molar-refractivity contribution is 14.1. The van der Waals surface area contributed by atoms with Crippen molar-refractivity contribution in [1.29, 1.82) is 0 Å². The number of hydrogen-bond acceptors (Lipinski definition) is 4. The van der Waals surface area contributed by atoms with E-state index in [0.29, 0.717) is 13.1 Å². The van der Waals surface area contributed by atoms with Crippen LogP contribution in [0, 0.1) is 0 Å². The summed E-state index contributed by atoms with van der Waals surface area (Å²) in [5.74, 6) is 0.987. The second-order valence-electron chi connectivity index (χ2n) is 6.42. The number of hydrogen-bond donors (Lipinski definition) is 0. The van der Waals surface area contributed by atoms with Gasteiger partial charge in [0.25, 0.3) is 0 Å². The zero-order chi connectivity index (χ0) is 16.2. The second kappa shape index (κ2) is 7.48. The third-order valence-corrected chi connectivity index (χ3v) is 3.99. The Balaban J connectivity index is 1.87. The molecule has 22 heavy (non-hydrogen) atoms. The largest absolute Gasteiger partial charge is 0.444 e. The number of amides is 1. The van der Waals surface area contributed by atoms with E-state index in [0.717, 1.165) is 29.8 Å². The number of ether oxygens (including phenoxy) is 1. The number of halogens is 1. The minimum atomic E-state index is -0.440. The zero-order valence-corrected chi connectivity index (χ0v) is 15.7. The molecule has 0 saturated carbocycles. The van der Waals surface area contributed by atoms with Gasteiger partial charge in [0.05, 0.1) is 0 Å². The van der Waals surface area contributed by atoms with Crippen LogP contribution in [-0.4, -0.2) is 52.2 Å². The van der Waals surface area contributed by atoms with Crippen molar-refractivity contribution in [3.05, 3.63) is 23.9 Å². The minimum Gasteiger partial charge on any atom is -0.444 e. The molecule has 1 aliphatic heterocycles. The van der Waals surface area contributed by atoms with Crippen LogP contribution in [0.4, 0.5) is 10.6 Å². The molecule has 1 aromatic rings. The average Bonchev–Trinajstić information content (AvgIpc) is 2.47. The van der Waals surface area contributed by atoms with E-state index >= 15 is 0 Å². The molecule has 0 spiro atoms. The number of piperazine rings is 1. The molecule has 0 radical (unpaired) electrons. The van der Waals surface area contributed by atoms with Gasteiger partial charge in [-0.2, -0.15) is 0 Å². The molecule has 1 aromatic heterocycles. The number of alkyl halides is 1. The maximum atomic E-state index is 12.0. The van der Waals surface area contributed by atoms with Gasteiger partial charge in [0.2, 0.25) is 0 Å². The fraction of sp³-hybridized carbons (Fsp3) is 0.625. The van der Waals surface area contributed by atoms with Crippen molar-refractivity contribution in [2.45, 2.75) is 32.8 Å². The quantitative estimate of drug-likeness (QED) is 0.560. The molecular formula is C16H24IN3O2. The van der Waals surface area contributed by atoms with E-state index < -0.39 is 5.60 Å². The molecule has 0 bridgehead atoms. The Labute approximate surface area is 146 Å². The first kappa shape index (κ1) is 17.3. The van der Waals surface area contributed by atoms with Gasteiger partial charge in [0, 0.05) is 36.8 Å². The summed E-state index contributed by atoms with van der Waals surface area (Å²) in [6.45, 7) is 8.60. The van der Waals surface area contributed by atoms with Crippen molar-refractivity contribution in [1.82, 2.24) is 9.88 Å². The Hall–Kier alpha value is -1.05. The predicted octanol–water partition coefficient (Wildman–Crippen LogP) is 3.12. The molecule has 5 nitrogen and oxygen atoms in total. The molecule has 1 saturated heterocycles. The van der Waals surface area contributed by atoms with Crippen LogP contribution in [0.5, 0.6) is 0 Å². The van der Waals surface area contributed by atoms with Crippen LogP contribution in [-0.2, 0) is 11.2 Å². The normalized spacial score (nSPS) is 15.8. The Kier molecular flexibility index (Phi) is 5.88. The third kappa shape index (κ3) is 5.00. The maximum absolute atomic E-state index is 12.0. The van der Waals surface area contributed by atoms with Gasteiger partial charge < -0.3 is 14.5 Å². The number of pyridine rings is 1. The topological polar surface area (TPSA) is 45.7 Å². The first-order chi connectivity index (χ1) is 10.4. The first-order valence-corrected chi connectivity index (χ1v) is 9.15. The molecule has 1 aliphatic rings. The van der Waals surface area contributed by atoms with Crippen molar-refractivity contribution < 1.29 is 9.53 Å². The lowest BCUT2D eigenvalue weighted by atomic mass is 10.2. The molecule has 0 atom stereocenters. The number of nitrogens with zero attached hydrogens (tertiary/aromatic N) is 3. The molecule has 2 heterocycles. The minimum absolute atomic E-state index is 0.225. The van der Waals surface area contributed by atoms with Gasteiger partial charge in [0.15, 0.2) is 0 Å². The van der Waals surface area contributed by atoms with E-state index in [1.54, 1.807) is 4.90 Å². The number of rotatable bonds is 3. The highest BCUT2D eigenvalue weighted by atomic mass is 127. The predicted molar refractivity (Wildman–Crippen MR) is 96.8 cm³/mol. The van der Waals surface area contributed by atoms with Crippen molar-refractivity contribution >= 4 is 34.5 Å². The summed E-state index contributed by atoms with van der Waals surface area (Å²) >= 11 is 2.37. The smallest absolute Gasteiger partial charge is 0.410 e. The van der Waals surface area contributed by atoms with E-state index in [1.165, 1.54) is 5.56 Å². The average molecular weight is 417 g/mol. The summed E-state index contributed by atoms with van der Waals surface area (Å²) < 4.78 is 6.52. The van der Waals surface area contributed by atoms with E-state index in [1.807, 2.05) is 27.0 Å². The highest BCUT2D eigenvalue weighted by Gasteiger charge is 2.26. The van der Waals surface area contributed by atoms with Crippen LogP contribution >= 0.6 is 22.6 Å². The first-order valence-electron chi connectivity index (χ1n) is 7.63. The van der Waals surface area contributed by atoms with Crippen LogP contribution < -0.4 is 4.90 Å². The van der Waals surface area contributed by atoms with Crippen molar-refractivity contribution in [3.8, 4) is 0 Å². The summed E-state index contributed by atoms with van der Waals surface area (Å²) in [4.78, 5) is 20.6. The number of aromatic nitrogens is 1. The van der Waals surface area contributed by atoms with Crippen molar-refractivity contribution in [2.75, 3.05) is 35.5 Å². The molecule has 0 aliphatic carbocycles. The lowest BCUT2D eigenvalue weighted by Crippen LogP contribution is -2.50. The summed E-state index contributed by atoms with van der Waals surface area (Å²) in [6.07, 6.45) is 2.78.